The normalized spacial score (nSPS) is 42.8. The number of piperidine rings is 1. The van der Waals surface area contributed by atoms with Gasteiger partial charge in [0.2, 0.25) is 5.91 Å². The fourth-order valence-electron chi connectivity index (χ4n) is 3.35. The molecule has 0 aromatic carbocycles. The van der Waals surface area contributed by atoms with E-state index >= 15 is 0 Å². The van der Waals surface area contributed by atoms with Crippen molar-refractivity contribution in [2.24, 2.45) is 17.8 Å². The maximum Gasteiger partial charge on any atom is 0.220 e. The highest BCUT2D eigenvalue weighted by molar-refractivity contribution is 5.77. The molecule has 2 saturated carbocycles. The Labute approximate surface area is 102 Å². The second-order valence-electron chi connectivity index (χ2n) is 5.70. The first-order valence-electron chi connectivity index (χ1n) is 6.89. The molecule has 1 amide bonds. The van der Waals surface area contributed by atoms with E-state index in [0.29, 0.717) is 24.5 Å². The van der Waals surface area contributed by atoms with Crippen molar-refractivity contribution in [1.29, 1.82) is 0 Å². The number of amides is 1. The molecule has 0 spiro atoms. The number of ether oxygens (including phenoxy) is 1. The van der Waals surface area contributed by atoms with Crippen molar-refractivity contribution in [2.45, 2.75) is 38.3 Å². The first-order chi connectivity index (χ1) is 8.28. The van der Waals surface area contributed by atoms with E-state index in [1.807, 2.05) is 6.92 Å². The van der Waals surface area contributed by atoms with Gasteiger partial charge in [-0.15, -0.1) is 0 Å². The van der Waals surface area contributed by atoms with Crippen molar-refractivity contribution >= 4 is 5.91 Å². The summed E-state index contributed by atoms with van der Waals surface area (Å²) < 4.78 is 5.50. The van der Waals surface area contributed by atoms with Gasteiger partial charge in [-0.2, -0.15) is 0 Å². The molecule has 3 rings (SSSR count). The lowest BCUT2D eigenvalue weighted by molar-refractivity contribution is -0.124. The third-order valence-electron chi connectivity index (χ3n) is 4.49. The van der Waals surface area contributed by atoms with E-state index in [-0.39, 0.29) is 5.91 Å². The fraction of sp³-hybridized carbons (Fsp3) is 0.923. The van der Waals surface area contributed by atoms with Crippen LogP contribution in [-0.4, -0.2) is 37.7 Å². The van der Waals surface area contributed by atoms with Gasteiger partial charge in [-0.25, -0.2) is 0 Å². The summed E-state index contributed by atoms with van der Waals surface area (Å²) in [6.07, 6.45) is 3.26. The molecule has 0 aromatic rings. The quantitative estimate of drug-likeness (QED) is 0.734. The highest BCUT2D eigenvalue weighted by atomic mass is 16.5. The maximum atomic E-state index is 11.8. The number of fused-ring (bicyclic) bond motifs is 1. The first-order valence-corrected chi connectivity index (χ1v) is 6.89. The van der Waals surface area contributed by atoms with Crippen LogP contribution in [-0.2, 0) is 9.53 Å². The van der Waals surface area contributed by atoms with Crippen molar-refractivity contribution in [3.05, 3.63) is 0 Å². The Hall–Kier alpha value is -0.610. The SMILES string of the molecule is CCOC1CC(CC(=O)NC2C3CNCC32)C1. The molecule has 17 heavy (non-hydrogen) atoms. The number of hydrogen-bond donors (Lipinski definition) is 2. The van der Waals surface area contributed by atoms with Crippen LogP contribution in [0.2, 0.25) is 0 Å². The van der Waals surface area contributed by atoms with E-state index < -0.39 is 0 Å². The molecule has 4 heteroatoms. The smallest absolute Gasteiger partial charge is 0.220 e. The van der Waals surface area contributed by atoms with E-state index in [2.05, 4.69) is 10.6 Å². The summed E-state index contributed by atoms with van der Waals surface area (Å²) in [7, 11) is 0. The number of carbonyl (C=O) groups excluding carboxylic acids is 1. The Morgan fingerprint density at radius 2 is 2.06 bits per heavy atom. The molecule has 2 atom stereocenters. The van der Waals surface area contributed by atoms with Crippen LogP contribution in [0, 0.1) is 17.8 Å². The molecule has 3 aliphatic rings. The molecular weight excluding hydrogens is 216 g/mol. The molecule has 3 fully saturated rings. The number of hydrogen-bond acceptors (Lipinski definition) is 3. The Bertz CT molecular complexity index is 292. The Kier molecular flexibility index (Phi) is 3.09. The second kappa shape index (κ2) is 4.58. The molecular formula is C13H22N2O2. The van der Waals surface area contributed by atoms with Crippen LogP contribution in [0.1, 0.15) is 26.2 Å². The second-order valence-corrected chi connectivity index (χ2v) is 5.70. The number of nitrogens with one attached hydrogen (secondary N) is 2. The van der Waals surface area contributed by atoms with Crippen LogP contribution in [0.25, 0.3) is 0 Å². The summed E-state index contributed by atoms with van der Waals surface area (Å²) in [6, 6.07) is 0.478. The minimum atomic E-state index is 0.254. The summed E-state index contributed by atoms with van der Waals surface area (Å²) in [5, 5.41) is 6.52. The van der Waals surface area contributed by atoms with Crippen molar-refractivity contribution in [2.75, 3.05) is 19.7 Å². The summed E-state index contributed by atoms with van der Waals surface area (Å²) in [4.78, 5) is 11.8. The maximum absolute atomic E-state index is 11.8. The topological polar surface area (TPSA) is 50.4 Å². The van der Waals surface area contributed by atoms with Crippen molar-refractivity contribution in [1.82, 2.24) is 10.6 Å². The molecule has 2 unspecified atom stereocenters. The predicted octanol–water partition coefficient (Wildman–Crippen LogP) is 0.526. The van der Waals surface area contributed by atoms with Gasteiger partial charge in [0.1, 0.15) is 0 Å². The molecule has 0 aromatic heterocycles. The van der Waals surface area contributed by atoms with Crippen molar-refractivity contribution < 1.29 is 9.53 Å². The van der Waals surface area contributed by atoms with Crippen LogP contribution in [0.3, 0.4) is 0 Å². The highest BCUT2D eigenvalue weighted by Crippen LogP contribution is 2.42. The van der Waals surface area contributed by atoms with Crippen molar-refractivity contribution in [3.8, 4) is 0 Å². The summed E-state index contributed by atoms with van der Waals surface area (Å²) >= 11 is 0. The number of rotatable bonds is 5. The monoisotopic (exact) mass is 238 g/mol. The van der Waals surface area contributed by atoms with Crippen LogP contribution in [0.5, 0.6) is 0 Å². The van der Waals surface area contributed by atoms with Gasteiger partial charge in [-0.05, 0) is 37.5 Å². The summed E-state index contributed by atoms with van der Waals surface area (Å²) in [5.74, 6) is 2.25. The minimum Gasteiger partial charge on any atom is -0.378 e. The van der Waals surface area contributed by atoms with Gasteiger partial charge in [-0.1, -0.05) is 0 Å². The zero-order valence-corrected chi connectivity index (χ0v) is 10.4. The van der Waals surface area contributed by atoms with Gasteiger partial charge in [0.05, 0.1) is 6.10 Å². The molecule has 1 aliphatic heterocycles. The summed E-state index contributed by atoms with van der Waals surface area (Å²) in [6.45, 7) is 5.00. The van der Waals surface area contributed by atoms with Gasteiger partial charge in [0, 0.05) is 32.2 Å². The molecule has 0 bridgehead atoms. The molecule has 4 nitrogen and oxygen atoms in total. The molecule has 1 heterocycles. The van der Waals surface area contributed by atoms with Gasteiger partial charge in [0.15, 0.2) is 0 Å². The molecule has 2 N–H and O–H groups in total. The number of carbonyl (C=O) groups is 1. The summed E-state index contributed by atoms with van der Waals surface area (Å²) in [5.41, 5.74) is 0. The largest absolute Gasteiger partial charge is 0.378 e. The van der Waals surface area contributed by atoms with Gasteiger partial charge in [-0.3, -0.25) is 4.79 Å². The molecule has 2 aliphatic carbocycles. The Morgan fingerprint density at radius 1 is 1.35 bits per heavy atom. The molecule has 96 valence electrons. The lowest BCUT2D eigenvalue weighted by Crippen LogP contribution is -2.38. The molecule has 0 radical (unpaired) electrons. The Morgan fingerprint density at radius 3 is 2.71 bits per heavy atom. The van der Waals surface area contributed by atoms with Crippen LogP contribution in [0.4, 0.5) is 0 Å². The predicted molar refractivity (Wildman–Crippen MR) is 64.5 cm³/mol. The third-order valence-corrected chi connectivity index (χ3v) is 4.49. The zero-order chi connectivity index (χ0) is 11.8. The highest BCUT2D eigenvalue weighted by Gasteiger charge is 2.53. The standard InChI is InChI=1S/C13H22N2O2/c1-2-17-9-3-8(4-9)5-12(16)15-13-10-6-14-7-11(10)13/h8-11,13-14H,2-7H2,1H3,(H,15,16). The average Bonchev–Trinajstić information content (AvgIpc) is 2.73. The van der Waals surface area contributed by atoms with Gasteiger partial charge < -0.3 is 15.4 Å². The lowest BCUT2D eigenvalue weighted by atomic mass is 9.80. The average molecular weight is 238 g/mol. The lowest BCUT2D eigenvalue weighted by Gasteiger charge is -2.34. The minimum absolute atomic E-state index is 0.254. The zero-order valence-electron chi connectivity index (χ0n) is 10.4. The van der Waals surface area contributed by atoms with Crippen LogP contribution in [0.15, 0.2) is 0 Å². The van der Waals surface area contributed by atoms with E-state index in [0.717, 1.165) is 44.4 Å². The van der Waals surface area contributed by atoms with Crippen molar-refractivity contribution in [3.63, 3.8) is 0 Å². The fourth-order valence-corrected chi connectivity index (χ4v) is 3.35. The van der Waals surface area contributed by atoms with Crippen LogP contribution < -0.4 is 10.6 Å². The van der Waals surface area contributed by atoms with E-state index in [1.165, 1.54) is 0 Å². The molecule has 1 saturated heterocycles. The van der Waals surface area contributed by atoms with Crippen LogP contribution >= 0.6 is 0 Å². The van der Waals surface area contributed by atoms with E-state index in [4.69, 9.17) is 4.74 Å². The van der Waals surface area contributed by atoms with Gasteiger partial charge in [0.25, 0.3) is 0 Å². The van der Waals surface area contributed by atoms with E-state index in [9.17, 15) is 4.79 Å². The first kappa shape index (κ1) is 11.5. The Balaban J connectivity index is 1.32. The van der Waals surface area contributed by atoms with E-state index in [1.54, 1.807) is 0 Å². The van der Waals surface area contributed by atoms with Gasteiger partial charge >= 0.3 is 0 Å². The third kappa shape index (κ3) is 2.33.